The first-order chi connectivity index (χ1) is 22.1. The van der Waals surface area contributed by atoms with Crippen molar-refractivity contribution in [3.05, 3.63) is 130 Å². The van der Waals surface area contributed by atoms with Gasteiger partial charge in [0.1, 0.15) is 37.3 Å². The average molecular weight is 622 g/mol. The zero-order valence-electron chi connectivity index (χ0n) is 26.8. The minimum absolute atomic E-state index is 0.0447. The summed E-state index contributed by atoms with van der Waals surface area (Å²) in [7, 11) is 3.48. The summed E-state index contributed by atoms with van der Waals surface area (Å²) in [4.78, 5) is 37.6. The fourth-order valence-corrected chi connectivity index (χ4v) is 4.07. The van der Waals surface area contributed by atoms with Gasteiger partial charge in [0.15, 0.2) is 0 Å². The number of aryl methyl sites for hydroxylation is 1. The summed E-state index contributed by atoms with van der Waals surface area (Å²) in [5, 5.41) is 11.7. The number of nitrogens with zero attached hydrogens (tertiary/aromatic N) is 2. The molecule has 0 saturated carbocycles. The van der Waals surface area contributed by atoms with Crippen molar-refractivity contribution >= 4 is 17.8 Å². The molecule has 9 heteroatoms. The van der Waals surface area contributed by atoms with Gasteiger partial charge in [-0.1, -0.05) is 72.3 Å². The molecule has 4 aromatic carbocycles. The average Bonchev–Trinajstić information content (AvgIpc) is 3.06. The number of hydrogen-bond acceptors (Lipinski definition) is 7. The fraction of sp³-hybridized carbons (Fsp3) is 0.243. The first-order valence-electron chi connectivity index (χ1n) is 14.7. The molecule has 238 valence electrons. The van der Waals surface area contributed by atoms with Gasteiger partial charge in [0.2, 0.25) is 0 Å². The van der Waals surface area contributed by atoms with E-state index in [1.165, 1.54) is 6.07 Å². The number of hydrogen-bond donors (Lipinski definition) is 1. The molecule has 0 aliphatic rings. The number of carbonyl (C=O) groups excluding carboxylic acids is 3. The van der Waals surface area contributed by atoms with Gasteiger partial charge in [0.25, 0.3) is 11.8 Å². The predicted octanol–water partition coefficient (Wildman–Crippen LogP) is 6.09. The van der Waals surface area contributed by atoms with E-state index in [1.54, 1.807) is 31.1 Å². The summed E-state index contributed by atoms with van der Waals surface area (Å²) in [6, 6.07) is 31.4. The van der Waals surface area contributed by atoms with E-state index in [0.29, 0.717) is 23.7 Å². The molecule has 0 fully saturated rings. The minimum atomic E-state index is -0.539. The molecular weight excluding hydrogens is 582 g/mol. The molecule has 0 bridgehead atoms. The molecule has 0 radical (unpaired) electrons. The van der Waals surface area contributed by atoms with Gasteiger partial charge < -0.3 is 24.4 Å². The third-order valence-electron chi connectivity index (χ3n) is 6.37. The Morgan fingerprint density at radius 1 is 0.826 bits per heavy atom. The summed E-state index contributed by atoms with van der Waals surface area (Å²) >= 11 is 0. The Bertz CT molecular complexity index is 1650. The second kappa shape index (κ2) is 17.6. The van der Waals surface area contributed by atoms with Gasteiger partial charge in [-0.2, -0.15) is 5.26 Å². The van der Waals surface area contributed by atoms with Crippen molar-refractivity contribution in [1.29, 1.82) is 5.26 Å². The van der Waals surface area contributed by atoms with E-state index < -0.39 is 11.9 Å². The molecule has 4 aromatic rings. The summed E-state index contributed by atoms with van der Waals surface area (Å²) in [6.45, 7) is 6.02. The summed E-state index contributed by atoms with van der Waals surface area (Å²) in [5.41, 5.74) is 4.13. The summed E-state index contributed by atoms with van der Waals surface area (Å²) < 4.78 is 16.4. The molecule has 46 heavy (non-hydrogen) atoms. The Labute approximate surface area is 270 Å². The molecule has 9 nitrogen and oxygen atoms in total. The van der Waals surface area contributed by atoms with Crippen molar-refractivity contribution < 1.29 is 28.6 Å². The Hall–Kier alpha value is -5.62. The molecule has 0 atom stereocenters. The summed E-state index contributed by atoms with van der Waals surface area (Å²) in [6.07, 6.45) is -0.0823. The molecule has 0 heterocycles. The van der Waals surface area contributed by atoms with Crippen LogP contribution in [0.1, 0.15) is 56.8 Å². The molecule has 4 rings (SSSR count). The standard InChI is InChI=1S/C20H20N2O4.C17H19NO2/c1-14(2)26-18-9-8-16(10-17(18)11-21)20(24)22-12-19(23)25-13-15-6-4-3-5-7-15;1-13-9-10-16(15(11-13)17(19)18(2)3)20-12-14-7-5-4-6-8-14/h3-10,14H,12-13H2,1-2H3,(H,22,24);4-11H,12H2,1-3H3. The van der Waals surface area contributed by atoms with Crippen molar-refractivity contribution in [1.82, 2.24) is 10.2 Å². The van der Waals surface area contributed by atoms with Crippen molar-refractivity contribution in [2.45, 2.75) is 40.1 Å². The maximum atomic E-state index is 12.2. The van der Waals surface area contributed by atoms with Crippen LogP contribution in [0.2, 0.25) is 0 Å². The van der Waals surface area contributed by atoms with Crippen LogP contribution in [0.4, 0.5) is 0 Å². The quantitative estimate of drug-likeness (QED) is 0.201. The highest BCUT2D eigenvalue weighted by Gasteiger charge is 2.15. The Morgan fingerprint density at radius 3 is 2.02 bits per heavy atom. The van der Waals surface area contributed by atoms with Crippen LogP contribution in [-0.4, -0.2) is 49.4 Å². The number of nitrogens with one attached hydrogen (secondary N) is 1. The van der Waals surface area contributed by atoms with Crippen LogP contribution in [0.5, 0.6) is 11.5 Å². The predicted molar refractivity (Wildman–Crippen MR) is 175 cm³/mol. The summed E-state index contributed by atoms with van der Waals surface area (Å²) in [5.74, 6) is -0.00651. The van der Waals surface area contributed by atoms with E-state index >= 15 is 0 Å². The molecule has 0 aromatic heterocycles. The molecule has 0 saturated heterocycles. The topological polar surface area (TPSA) is 118 Å². The third kappa shape index (κ3) is 11.1. The SMILES string of the molecule is CC(C)Oc1ccc(C(=O)NCC(=O)OCc2ccccc2)cc1C#N.Cc1ccc(OCc2ccccc2)c(C(=O)N(C)C)c1. The highest BCUT2D eigenvalue weighted by atomic mass is 16.5. The lowest BCUT2D eigenvalue weighted by molar-refractivity contribution is -0.143. The van der Waals surface area contributed by atoms with Gasteiger partial charge in [0.05, 0.1) is 17.2 Å². The van der Waals surface area contributed by atoms with Crippen molar-refractivity contribution in [3.63, 3.8) is 0 Å². The smallest absolute Gasteiger partial charge is 0.325 e. The lowest BCUT2D eigenvalue weighted by Crippen LogP contribution is -2.30. The van der Waals surface area contributed by atoms with E-state index in [2.05, 4.69) is 5.32 Å². The van der Waals surface area contributed by atoms with Crippen molar-refractivity contribution in [3.8, 4) is 17.6 Å². The van der Waals surface area contributed by atoms with Gasteiger partial charge >= 0.3 is 5.97 Å². The van der Waals surface area contributed by atoms with E-state index in [1.807, 2.05) is 106 Å². The van der Waals surface area contributed by atoms with Crippen LogP contribution < -0.4 is 14.8 Å². The van der Waals surface area contributed by atoms with Gasteiger partial charge in [-0.05, 0) is 62.2 Å². The minimum Gasteiger partial charge on any atom is -0.490 e. The van der Waals surface area contributed by atoms with Gasteiger partial charge in [-0.15, -0.1) is 0 Å². The number of ether oxygens (including phenoxy) is 3. The third-order valence-corrected chi connectivity index (χ3v) is 6.37. The van der Waals surface area contributed by atoms with Gasteiger partial charge in [-0.3, -0.25) is 14.4 Å². The number of rotatable bonds is 11. The monoisotopic (exact) mass is 621 g/mol. The molecule has 0 aliphatic heterocycles. The zero-order valence-corrected chi connectivity index (χ0v) is 26.8. The number of esters is 1. The second-order valence-electron chi connectivity index (χ2n) is 10.8. The Kier molecular flexibility index (Phi) is 13.4. The fourth-order valence-electron chi connectivity index (χ4n) is 4.07. The largest absolute Gasteiger partial charge is 0.490 e. The number of amides is 2. The second-order valence-corrected chi connectivity index (χ2v) is 10.8. The molecular formula is C37H39N3O6. The first-order valence-corrected chi connectivity index (χ1v) is 14.7. The highest BCUT2D eigenvalue weighted by Crippen LogP contribution is 2.23. The number of benzene rings is 4. The normalized spacial score (nSPS) is 10.1. The highest BCUT2D eigenvalue weighted by molar-refractivity contribution is 5.97. The number of nitriles is 1. The van der Waals surface area contributed by atoms with E-state index in [4.69, 9.17) is 14.2 Å². The van der Waals surface area contributed by atoms with Crippen LogP contribution in [-0.2, 0) is 22.7 Å². The van der Waals surface area contributed by atoms with Gasteiger partial charge in [-0.25, -0.2) is 0 Å². The maximum absolute atomic E-state index is 12.2. The molecule has 1 N–H and O–H groups in total. The van der Waals surface area contributed by atoms with Crippen LogP contribution in [0.15, 0.2) is 97.1 Å². The van der Waals surface area contributed by atoms with Crippen LogP contribution in [0.25, 0.3) is 0 Å². The number of carbonyl (C=O) groups is 3. The van der Waals surface area contributed by atoms with E-state index in [0.717, 1.165) is 16.7 Å². The molecule has 2 amide bonds. The molecule has 0 unspecified atom stereocenters. The first kappa shape index (κ1) is 34.9. The van der Waals surface area contributed by atoms with Crippen LogP contribution >= 0.6 is 0 Å². The Balaban J connectivity index is 0.000000259. The lowest BCUT2D eigenvalue weighted by atomic mass is 10.1. The van der Waals surface area contributed by atoms with Crippen LogP contribution in [0.3, 0.4) is 0 Å². The molecule has 0 aliphatic carbocycles. The van der Waals surface area contributed by atoms with Crippen molar-refractivity contribution in [2.75, 3.05) is 20.6 Å². The zero-order chi connectivity index (χ0) is 33.5. The Morgan fingerprint density at radius 2 is 1.43 bits per heavy atom. The lowest BCUT2D eigenvalue weighted by Gasteiger charge is -2.15. The molecule has 0 spiro atoms. The maximum Gasteiger partial charge on any atom is 0.325 e. The van der Waals surface area contributed by atoms with E-state index in [9.17, 15) is 19.6 Å². The van der Waals surface area contributed by atoms with Crippen LogP contribution in [0, 0.1) is 18.3 Å². The van der Waals surface area contributed by atoms with E-state index in [-0.39, 0.29) is 36.3 Å². The van der Waals surface area contributed by atoms with Gasteiger partial charge in [0, 0.05) is 19.7 Å². The van der Waals surface area contributed by atoms with Crippen molar-refractivity contribution in [2.24, 2.45) is 0 Å².